The van der Waals surface area contributed by atoms with E-state index in [1.54, 1.807) is 17.5 Å². The number of carbonyl (C=O) groups is 4. The van der Waals surface area contributed by atoms with Crippen LogP contribution in [0.5, 0.6) is 5.75 Å². The first-order valence-corrected chi connectivity index (χ1v) is 14.7. The first kappa shape index (κ1) is 32.7. The predicted molar refractivity (Wildman–Crippen MR) is 157 cm³/mol. The van der Waals surface area contributed by atoms with Crippen LogP contribution in [0.3, 0.4) is 0 Å². The average molecular weight is 634 g/mol. The number of urea groups is 1. The number of carbonyl (C=O) groups excluding carboxylic acids is 3. The fourth-order valence-electron chi connectivity index (χ4n) is 4.59. The van der Waals surface area contributed by atoms with Gasteiger partial charge in [0.05, 0.1) is 23.7 Å². The van der Waals surface area contributed by atoms with Crippen LogP contribution in [-0.2, 0) is 20.7 Å². The Morgan fingerprint density at radius 3 is 2.57 bits per heavy atom. The summed E-state index contributed by atoms with van der Waals surface area (Å²) in [6.07, 6.45) is 0.417. The van der Waals surface area contributed by atoms with Gasteiger partial charge in [-0.25, -0.2) is 23.4 Å². The van der Waals surface area contributed by atoms with Gasteiger partial charge in [-0.1, -0.05) is 38.5 Å². The number of hydrogen-bond donors (Lipinski definition) is 4. The Morgan fingerprint density at radius 1 is 1.30 bits per heavy atom. The first-order chi connectivity index (χ1) is 20.9. The second kappa shape index (κ2) is 14.0. The van der Waals surface area contributed by atoms with E-state index < -0.39 is 55.9 Å². The molecule has 2 atom stereocenters. The van der Waals surface area contributed by atoms with E-state index in [-0.39, 0.29) is 47.3 Å². The standard InChI is InChI=1S/C23H25BF2N6O7S.C4H8/c1-11(28-15-8-12-4-3-5-13(21(35)36)18(12)39-24(15)38-2)17(14-10-40-22(27)29-14)30-23(37)32-7-6-31(9-16(25)26)19(33)20(32)34;1-4-2-3-4/h3-5,10,15-17,28H,1,6-9H2,2H3,(H2,27,29)(H,30,37)(H,35,36);4H,2-3H2,1H3. The molecule has 3 heterocycles. The number of carboxylic acids is 1. The number of nitrogens with one attached hydrogen (secondary N) is 2. The number of benzene rings is 1. The lowest BCUT2D eigenvalue weighted by atomic mass is 9.71. The molecule has 1 aromatic heterocycles. The van der Waals surface area contributed by atoms with Crippen LogP contribution in [0.4, 0.5) is 18.7 Å². The van der Waals surface area contributed by atoms with Gasteiger partial charge >= 0.3 is 30.9 Å². The molecule has 0 radical (unpaired) electrons. The van der Waals surface area contributed by atoms with Gasteiger partial charge < -0.3 is 35.7 Å². The average Bonchev–Trinajstić information content (AvgIpc) is 3.65. The SMILES string of the molecule is C=C(NC1Cc2cccc(C(=O)O)c2OB1OC)C(NC(=O)N1CCN(CC(F)F)C(=O)C1=O)c1csc(N)n1.CC1CC1. The molecule has 2 unspecified atom stereocenters. The van der Waals surface area contributed by atoms with Crippen molar-refractivity contribution in [3.8, 4) is 5.75 Å². The van der Waals surface area contributed by atoms with E-state index >= 15 is 0 Å². The lowest BCUT2D eigenvalue weighted by molar-refractivity contribution is -0.155. The number of nitrogens with two attached hydrogens (primary N) is 1. The highest BCUT2D eigenvalue weighted by Crippen LogP contribution is 2.32. The van der Waals surface area contributed by atoms with Crippen molar-refractivity contribution >= 4 is 47.4 Å². The highest BCUT2D eigenvalue weighted by atomic mass is 32.1. The van der Waals surface area contributed by atoms with Gasteiger partial charge in [0.15, 0.2) is 5.13 Å². The van der Waals surface area contributed by atoms with Crippen molar-refractivity contribution in [2.45, 2.75) is 44.6 Å². The summed E-state index contributed by atoms with van der Waals surface area (Å²) in [5.74, 6) is -2.95. The van der Waals surface area contributed by atoms with Crippen LogP contribution in [0.2, 0.25) is 0 Å². The molecule has 17 heteroatoms. The number of nitrogen functional groups attached to an aromatic ring is 1. The second-order valence-corrected chi connectivity index (χ2v) is 11.5. The fourth-order valence-corrected chi connectivity index (χ4v) is 5.18. The number of aromatic carboxylic acids is 1. The molecular formula is C27H33BF2N6O7S. The molecule has 236 valence electrons. The number of anilines is 1. The number of thiazole rings is 1. The molecule has 1 saturated carbocycles. The molecule has 0 spiro atoms. The van der Waals surface area contributed by atoms with Gasteiger partial charge in [-0.05, 0) is 24.0 Å². The number of aromatic nitrogens is 1. The van der Waals surface area contributed by atoms with E-state index in [2.05, 4.69) is 29.1 Å². The summed E-state index contributed by atoms with van der Waals surface area (Å²) in [4.78, 5) is 55.0. The minimum absolute atomic E-state index is 0.0206. The van der Waals surface area contributed by atoms with Crippen LogP contribution in [0.15, 0.2) is 35.9 Å². The van der Waals surface area contributed by atoms with Crippen LogP contribution in [0.25, 0.3) is 0 Å². The van der Waals surface area contributed by atoms with Crippen LogP contribution in [0.1, 0.15) is 47.4 Å². The monoisotopic (exact) mass is 634 g/mol. The highest BCUT2D eigenvalue weighted by Gasteiger charge is 2.41. The third-order valence-corrected chi connectivity index (χ3v) is 7.85. The summed E-state index contributed by atoms with van der Waals surface area (Å²) >= 11 is 1.09. The predicted octanol–water partition coefficient (Wildman–Crippen LogP) is 2.31. The Labute approximate surface area is 256 Å². The van der Waals surface area contributed by atoms with Crippen molar-refractivity contribution in [3.63, 3.8) is 0 Å². The zero-order valence-corrected chi connectivity index (χ0v) is 24.9. The van der Waals surface area contributed by atoms with Gasteiger partial charge in [0.2, 0.25) is 0 Å². The number of imide groups is 1. The molecule has 2 fully saturated rings. The number of alkyl halides is 2. The first-order valence-electron chi connectivity index (χ1n) is 13.8. The van der Waals surface area contributed by atoms with Gasteiger partial charge in [0, 0.05) is 31.3 Å². The van der Waals surface area contributed by atoms with Crippen molar-refractivity contribution in [1.82, 2.24) is 25.4 Å². The molecule has 2 aliphatic heterocycles. The largest absolute Gasteiger partial charge is 0.549 e. The summed E-state index contributed by atoms with van der Waals surface area (Å²) in [6, 6.07) is 2.70. The molecule has 1 aliphatic carbocycles. The quantitative estimate of drug-likeness (QED) is 0.237. The van der Waals surface area contributed by atoms with Gasteiger partial charge in [-0.3, -0.25) is 14.5 Å². The molecule has 0 bridgehead atoms. The van der Waals surface area contributed by atoms with E-state index in [1.807, 2.05) is 0 Å². The van der Waals surface area contributed by atoms with Crippen LogP contribution in [0, 0.1) is 5.92 Å². The van der Waals surface area contributed by atoms with E-state index in [4.69, 9.17) is 15.0 Å². The van der Waals surface area contributed by atoms with Crippen LogP contribution >= 0.6 is 11.3 Å². The lowest BCUT2D eigenvalue weighted by Crippen LogP contribution is -2.59. The van der Waals surface area contributed by atoms with Gasteiger partial charge in [-0.15, -0.1) is 11.3 Å². The van der Waals surface area contributed by atoms with Crippen molar-refractivity contribution in [2.24, 2.45) is 5.92 Å². The lowest BCUT2D eigenvalue weighted by Gasteiger charge is -2.35. The van der Waals surface area contributed by atoms with Crippen LogP contribution in [-0.4, -0.2) is 89.9 Å². The highest BCUT2D eigenvalue weighted by molar-refractivity contribution is 7.13. The van der Waals surface area contributed by atoms with Crippen LogP contribution < -0.4 is 21.0 Å². The molecule has 44 heavy (non-hydrogen) atoms. The summed E-state index contributed by atoms with van der Waals surface area (Å²) in [7, 11) is 0.441. The minimum Gasteiger partial charge on any atom is -0.534 e. The maximum atomic E-state index is 13.1. The molecule has 3 aliphatic rings. The number of para-hydroxylation sites is 1. The fraction of sp³-hybridized carbons (Fsp3) is 0.444. The van der Waals surface area contributed by atoms with Gasteiger partial charge in [-0.2, -0.15) is 0 Å². The molecule has 5 N–H and O–H groups in total. The van der Waals surface area contributed by atoms with Gasteiger partial charge in [0.25, 0.3) is 6.43 Å². The topological polar surface area (TPSA) is 176 Å². The normalized spacial score (nSPS) is 18.6. The smallest absolute Gasteiger partial charge is 0.534 e. The molecule has 13 nitrogen and oxygen atoms in total. The van der Waals surface area contributed by atoms with Crippen molar-refractivity contribution in [2.75, 3.05) is 32.5 Å². The summed E-state index contributed by atoms with van der Waals surface area (Å²) in [5.41, 5.74) is 6.84. The maximum absolute atomic E-state index is 13.1. The summed E-state index contributed by atoms with van der Waals surface area (Å²) in [6.45, 7) is 4.84. The Hall–Kier alpha value is -4.25. The summed E-state index contributed by atoms with van der Waals surface area (Å²) < 4.78 is 36.7. The van der Waals surface area contributed by atoms with E-state index in [0.29, 0.717) is 15.4 Å². The molecule has 2 aromatic rings. The van der Waals surface area contributed by atoms with E-state index in [0.717, 1.165) is 17.3 Å². The molecule has 5 rings (SSSR count). The number of piperazine rings is 1. The molecule has 1 aromatic carbocycles. The Bertz CT molecular complexity index is 1420. The third kappa shape index (κ3) is 7.82. The Morgan fingerprint density at radius 2 is 2.00 bits per heavy atom. The van der Waals surface area contributed by atoms with Crippen molar-refractivity contribution < 1.29 is 42.4 Å². The number of halogens is 2. The number of rotatable bonds is 9. The Kier molecular flexibility index (Phi) is 10.4. The minimum atomic E-state index is -2.83. The number of nitrogens with zero attached hydrogens (tertiary/aromatic N) is 3. The number of fused-ring (bicyclic) bond motifs is 1. The van der Waals surface area contributed by atoms with Crippen molar-refractivity contribution in [1.29, 1.82) is 0 Å². The van der Waals surface area contributed by atoms with E-state index in [9.17, 15) is 33.1 Å². The number of hydrogen-bond acceptors (Lipinski definition) is 10. The van der Waals surface area contributed by atoms with Crippen molar-refractivity contribution in [3.05, 3.63) is 52.7 Å². The second-order valence-electron chi connectivity index (χ2n) is 10.6. The molecule has 1 saturated heterocycles. The van der Waals surface area contributed by atoms with E-state index in [1.165, 1.54) is 26.0 Å². The molecular weight excluding hydrogens is 601 g/mol. The zero-order chi connectivity index (χ0) is 32.1. The number of carboxylic acid groups (broad SMARTS) is 1. The molecule has 4 amide bonds. The third-order valence-electron chi connectivity index (χ3n) is 7.16. The number of amides is 4. The Balaban J connectivity index is 0.00000102. The maximum Gasteiger partial charge on any atom is 0.549 e. The zero-order valence-electron chi connectivity index (χ0n) is 24.1. The summed E-state index contributed by atoms with van der Waals surface area (Å²) in [5, 5.41) is 17.0. The van der Waals surface area contributed by atoms with Gasteiger partial charge in [0.1, 0.15) is 11.8 Å².